The number of nitrogens with one attached hydrogen (secondary N) is 5. The number of rotatable bonds is 23. The molecule has 7 atom stereocenters. The largest absolute Gasteiger partial charge is 0.481 e. The van der Waals surface area contributed by atoms with E-state index in [4.69, 9.17) is 9.47 Å². The summed E-state index contributed by atoms with van der Waals surface area (Å²) in [7, 11) is 0. The van der Waals surface area contributed by atoms with Crippen molar-refractivity contribution >= 4 is 53.5 Å². The van der Waals surface area contributed by atoms with E-state index in [1.807, 2.05) is 67.6 Å². The quantitative estimate of drug-likeness (QED) is 0.0621. The second kappa shape index (κ2) is 25.5. The summed E-state index contributed by atoms with van der Waals surface area (Å²) in [6.45, 7) is 9.90. The van der Waals surface area contributed by atoms with E-state index in [2.05, 4.69) is 26.7 Å². The molecule has 350 valence electrons. The van der Waals surface area contributed by atoms with Crippen molar-refractivity contribution < 1.29 is 62.8 Å². The molecule has 1 aliphatic rings. The van der Waals surface area contributed by atoms with E-state index in [9.17, 15) is 53.4 Å². The summed E-state index contributed by atoms with van der Waals surface area (Å²) in [4.78, 5) is 119. The summed E-state index contributed by atoms with van der Waals surface area (Å²) in [5, 5.41) is 29.6. The van der Waals surface area contributed by atoms with Crippen molar-refractivity contribution in [2.24, 2.45) is 11.8 Å². The number of carbonyl (C=O) groups excluding carboxylic acids is 7. The highest BCUT2D eigenvalue weighted by atomic mass is 16.6. The number of amides is 7. The molecule has 1 saturated heterocycles. The maximum atomic E-state index is 14.6. The van der Waals surface area contributed by atoms with E-state index < -0.39 is 115 Å². The average molecular weight is 896 g/mol. The van der Waals surface area contributed by atoms with Crippen LogP contribution in [0.3, 0.4) is 0 Å². The van der Waals surface area contributed by atoms with Gasteiger partial charge in [0.15, 0.2) is 6.10 Å². The highest BCUT2D eigenvalue weighted by Gasteiger charge is 2.45. The van der Waals surface area contributed by atoms with Gasteiger partial charge < -0.3 is 45.9 Å². The Morgan fingerprint density at radius 3 is 1.94 bits per heavy atom. The molecule has 1 heterocycles. The number of hydrogen-bond donors (Lipinski definition) is 7. The molecule has 20 heteroatoms. The van der Waals surface area contributed by atoms with Gasteiger partial charge >= 0.3 is 23.9 Å². The minimum Gasteiger partial charge on any atom is -0.481 e. The smallest absolute Gasteiger partial charge is 0.336 e. The first-order valence-corrected chi connectivity index (χ1v) is 21.2. The van der Waals surface area contributed by atoms with E-state index in [1.54, 1.807) is 27.7 Å². The number of esters is 1. The van der Waals surface area contributed by atoms with Gasteiger partial charge in [-0.15, -0.1) is 0 Å². The molecule has 20 nitrogen and oxygen atoms in total. The van der Waals surface area contributed by atoms with E-state index in [0.717, 1.165) is 23.1 Å². The van der Waals surface area contributed by atoms with Gasteiger partial charge in [0.2, 0.25) is 17.7 Å². The van der Waals surface area contributed by atoms with Crippen LogP contribution in [0.2, 0.25) is 0 Å². The zero-order valence-corrected chi connectivity index (χ0v) is 37.0. The fraction of sp³-hybridized carbons (Fsp3) is 0.523. The van der Waals surface area contributed by atoms with Gasteiger partial charge in [0.25, 0.3) is 11.8 Å². The Morgan fingerprint density at radius 2 is 1.39 bits per heavy atom. The van der Waals surface area contributed by atoms with E-state index in [0.29, 0.717) is 6.42 Å². The number of hydrazine groups is 1. The van der Waals surface area contributed by atoms with Gasteiger partial charge in [-0.25, -0.2) is 14.6 Å². The Kier molecular flexibility index (Phi) is 20.6. The lowest BCUT2D eigenvalue weighted by Crippen LogP contribution is -2.59. The van der Waals surface area contributed by atoms with Crippen LogP contribution >= 0.6 is 0 Å². The van der Waals surface area contributed by atoms with E-state index in [-0.39, 0.29) is 39.1 Å². The lowest BCUT2D eigenvalue weighted by Gasteiger charge is -2.33. The molecule has 0 spiro atoms. The van der Waals surface area contributed by atoms with Crippen molar-refractivity contribution in [1.29, 1.82) is 0 Å². The first-order valence-electron chi connectivity index (χ1n) is 21.2. The molecule has 0 aromatic heterocycles. The number of carboxylic acids is 2. The number of urea groups is 1. The van der Waals surface area contributed by atoms with Gasteiger partial charge in [-0.05, 0) is 29.9 Å². The number of nitrogens with zero attached hydrogens (tertiary/aromatic N) is 2. The molecule has 64 heavy (non-hydrogen) atoms. The van der Waals surface area contributed by atoms with Crippen LogP contribution in [-0.4, -0.2) is 123 Å². The van der Waals surface area contributed by atoms with Gasteiger partial charge in [-0.3, -0.25) is 39.0 Å². The molecule has 3 rings (SSSR count). The van der Waals surface area contributed by atoms with Crippen LogP contribution in [0.4, 0.5) is 4.79 Å². The van der Waals surface area contributed by atoms with E-state index in [1.165, 1.54) is 4.90 Å². The van der Waals surface area contributed by atoms with Crippen LogP contribution < -0.4 is 26.7 Å². The maximum Gasteiger partial charge on any atom is 0.336 e. The van der Waals surface area contributed by atoms with Crippen LogP contribution in [0.1, 0.15) is 84.8 Å². The zero-order valence-electron chi connectivity index (χ0n) is 37.0. The summed E-state index contributed by atoms with van der Waals surface area (Å²) in [6.07, 6.45) is -3.37. The molecular formula is C44H61N7O13. The van der Waals surface area contributed by atoms with Crippen molar-refractivity contribution in [3.05, 3.63) is 71.8 Å². The van der Waals surface area contributed by atoms with Crippen LogP contribution in [0, 0.1) is 11.8 Å². The number of carboxylic acid groups (broad SMARTS) is 2. The third-order valence-electron chi connectivity index (χ3n) is 10.3. The Bertz CT molecular complexity index is 1920. The topological polar surface area (TPSA) is 279 Å². The molecule has 0 radical (unpaired) electrons. The standard InChI is InChI=1S/C44H61N7O13/c1-7-19-51(44(62)45-23-29-15-11-9-12-16-29)49-40(58)34-20-31(63-25-30-17-13-10-14-18-30)24-50(34)42(60)37(26(3)4)48-41(59)38(27(5)8-2)64-43(61)33(22-36(55)56)47-39(57)32(21-35(53)54)46-28(6)52/h9-18,26-27,31-34,37-38H,7-8,19-25H2,1-6H3,(H,45,62)(H,46,52)(H,47,57)(H,48,59)(H,49,58)(H,53,54)(H,55,56)/t27-,31-,32+,33-,34-,37+,38+/m1/s1. The predicted octanol–water partition coefficient (Wildman–Crippen LogP) is 1.86. The molecular weight excluding hydrogens is 835 g/mol. The zero-order chi connectivity index (χ0) is 47.5. The third kappa shape index (κ3) is 16.3. The third-order valence-corrected chi connectivity index (χ3v) is 10.3. The highest BCUT2D eigenvalue weighted by molar-refractivity contribution is 5.96. The van der Waals surface area contributed by atoms with Crippen molar-refractivity contribution in [2.45, 2.75) is 123 Å². The fourth-order valence-electron chi connectivity index (χ4n) is 6.75. The SMILES string of the molecule is CCCN(NC(=O)[C@H]1C[C@@H](OCc2ccccc2)CN1C(=O)[C@@H](NC(=O)[C@@H](OC(=O)[C@@H](CC(=O)O)NC(=O)[C@H](CC(=O)O)NC(C)=O)[C@H](C)CC)C(C)C)C(=O)NCc1ccccc1. The van der Waals surface area contributed by atoms with Gasteiger partial charge in [0, 0.05) is 38.9 Å². The number of hydrogen-bond acceptors (Lipinski definition) is 11. The van der Waals surface area contributed by atoms with Crippen molar-refractivity contribution in [3.8, 4) is 0 Å². The van der Waals surface area contributed by atoms with Crippen LogP contribution in [0.15, 0.2) is 60.7 Å². The minimum absolute atomic E-state index is 0.0494. The molecule has 7 amide bonds. The summed E-state index contributed by atoms with van der Waals surface area (Å²) >= 11 is 0. The van der Waals surface area contributed by atoms with Crippen LogP contribution in [0.5, 0.6) is 0 Å². The molecule has 2 aromatic rings. The molecule has 2 aromatic carbocycles. The fourth-order valence-corrected chi connectivity index (χ4v) is 6.75. The molecule has 1 fully saturated rings. The second-order valence-corrected chi connectivity index (χ2v) is 15.9. The molecule has 0 saturated carbocycles. The van der Waals surface area contributed by atoms with Crippen molar-refractivity contribution in [3.63, 3.8) is 0 Å². The monoisotopic (exact) mass is 895 g/mol. The summed E-state index contributed by atoms with van der Waals surface area (Å²) in [5.74, 6) is -9.90. The Hall–Kier alpha value is -6.57. The van der Waals surface area contributed by atoms with Gasteiger partial charge in [0.05, 0.1) is 25.6 Å². The highest BCUT2D eigenvalue weighted by Crippen LogP contribution is 2.25. The summed E-state index contributed by atoms with van der Waals surface area (Å²) < 4.78 is 11.7. The molecule has 1 aliphatic heterocycles. The second-order valence-electron chi connectivity index (χ2n) is 15.9. The Balaban J connectivity index is 1.87. The lowest BCUT2D eigenvalue weighted by atomic mass is 9.98. The first-order chi connectivity index (χ1) is 30.3. The predicted molar refractivity (Wildman–Crippen MR) is 229 cm³/mol. The van der Waals surface area contributed by atoms with Gasteiger partial charge in [-0.2, -0.15) is 0 Å². The number of benzene rings is 2. The average Bonchev–Trinajstić information content (AvgIpc) is 3.69. The number of likely N-dealkylation sites (tertiary alicyclic amines) is 1. The van der Waals surface area contributed by atoms with Crippen LogP contribution in [-0.2, 0) is 61.0 Å². The minimum atomic E-state index is -1.92. The van der Waals surface area contributed by atoms with Gasteiger partial charge in [-0.1, -0.05) is 95.3 Å². The Morgan fingerprint density at radius 1 is 0.797 bits per heavy atom. The molecule has 0 aliphatic carbocycles. The lowest BCUT2D eigenvalue weighted by molar-refractivity contribution is -0.164. The normalized spacial score (nSPS) is 16.8. The Labute approximate surface area is 372 Å². The molecule has 7 N–H and O–H groups in total. The molecule has 0 bridgehead atoms. The number of carbonyl (C=O) groups is 9. The molecule has 0 unspecified atom stereocenters. The number of ether oxygens (including phenoxy) is 2. The van der Waals surface area contributed by atoms with Gasteiger partial charge in [0.1, 0.15) is 24.2 Å². The van der Waals surface area contributed by atoms with Crippen molar-refractivity contribution in [2.75, 3.05) is 13.1 Å². The maximum absolute atomic E-state index is 14.6. The van der Waals surface area contributed by atoms with E-state index >= 15 is 0 Å². The number of aliphatic carboxylic acids is 2. The first kappa shape index (κ1) is 51.8. The van der Waals surface area contributed by atoms with Crippen LogP contribution in [0.25, 0.3) is 0 Å². The van der Waals surface area contributed by atoms with Crippen molar-refractivity contribution in [1.82, 2.24) is 36.6 Å². The summed E-state index contributed by atoms with van der Waals surface area (Å²) in [5.41, 5.74) is 4.37. The summed E-state index contributed by atoms with van der Waals surface area (Å²) in [6, 6.07) is 11.9.